The molecule has 1 unspecified atom stereocenters. The Bertz CT molecular complexity index is 630. The highest BCUT2D eigenvalue weighted by Crippen LogP contribution is 2.46. The molecular weight excluding hydrogens is 357 g/mol. The van der Waals surface area contributed by atoms with Crippen molar-refractivity contribution in [1.82, 2.24) is 10.6 Å². The average Bonchev–Trinajstić information content (AvgIpc) is 3.35. The van der Waals surface area contributed by atoms with E-state index >= 15 is 0 Å². The van der Waals surface area contributed by atoms with Crippen molar-refractivity contribution < 1.29 is 22.7 Å². The summed E-state index contributed by atoms with van der Waals surface area (Å²) in [5.74, 6) is 0.152. The highest BCUT2D eigenvalue weighted by Gasteiger charge is 2.46. The average molecular weight is 386 g/mol. The van der Waals surface area contributed by atoms with E-state index in [9.17, 15) is 18.0 Å². The van der Waals surface area contributed by atoms with Crippen molar-refractivity contribution in [1.29, 1.82) is 0 Å². The Kier molecular flexibility index (Phi) is 7.00. The van der Waals surface area contributed by atoms with Gasteiger partial charge in [0.05, 0.1) is 5.54 Å². The molecule has 0 bridgehead atoms. The fourth-order valence-electron chi connectivity index (χ4n) is 3.00. The summed E-state index contributed by atoms with van der Waals surface area (Å²) < 4.78 is 43.1. The first-order chi connectivity index (χ1) is 12.7. The number of ether oxygens (including phenoxy) is 1. The second-order valence-electron chi connectivity index (χ2n) is 7.41. The number of rotatable bonds is 9. The lowest BCUT2D eigenvalue weighted by Crippen LogP contribution is -2.45. The van der Waals surface area contributed by atoms with E-state index < -0.39 is 17.8 Å². The molecule has 1 aromatic carbocycles. The minimum absolute atomic E-state index is 0.0784. The molecule has 1 aromatic rings. The predicted octanol–water partition coefficient (Wildman–Crippen LogP) is 5.27. The lowest BCUT2D eigenvalue weighted by Gasteiger charge is -2.22. The van der Waals surface area contributed by atoms with Gasteiger partial charge >= 0.3 is 12.2 Å². The number of hydrogen-bond acceptors (Lipinski definition) is 2. The number of benzene rings is 1. The third-order valence-electron chi connectivity index (χ3n) is 4.88. The highest BCUT2D eigenvalue weighted by molar-refractivity contribution is 5.76. The maximum absolute atomic E-state index is 12.7. The second kappa shape index (κ2) is 8.85. The van der Waals surface area contributed by atoms with Crippen LogP contribution in [0.2, 0.25) is 0 Å². The Morgan fingerprint density at radius 2 is 1.96 bits per heavy atom. The van der Waals surface area contributed by atoms with Crippen LogP contribution in [-0.2, 0) is 5.54 Å². The van der Waals surface area contributed by atoms with Crippen molar-refractivity contribution >= 4 is 6.03 Å². The monoisotopic (exact) mass is 386 g/mol. The normalized spacial score (nSPS) is 17.7. The first kappa shape index (κ1) is 21.4. The number of nitrogens with one attached hydrogen (secondary N) is 2. The first-order valence-corrected chi connectivity index (χ1v) is 9.59. The van der Waals surface area contributed by atoms with Gasteiger partial charge in [-0.2, -0.15) is 13.2 Å². The molecule has 0 heterocycles. The highest BCUT2D eigenvalue weighted by atomic mass is 19.4. The summed E-state index contributed by atoms with van der Waals surface area (Å²) >= 11 is 0. The molecule has 2 N–H and O–H groups in total. The summed E-state index contributed by atoms with van der Waals surface area (Å²) in [6.07, 6.45) is -0.533. The van der Waals surface area contributed by atoms with Gasteiger partial charge in [0, 0.05) is 6.04 Å². The molecule has 4 nitrogen and oxygen atoms in total. The van der Waals surface area contributed by atoms with Crippen LogP contribution in [0.15, 0.2) is 24.3 Å². The molecule has 0 radical (unpaired) electrons. The zero-order valence-electron chi connectivity index (χ0n) is 16.2. The SMILES string of the molecule is CCCCCC(C)NC(=O)NC1(c2cccc(O[C@H](C)C(F)(F)F)c2)CC1. The molecule has 0 spiro atoms. The summed E-state index contributed by atoms with van der Waals surface area (Å²) in [6, 6.07) is 6.38. The molecule has 2 rings (SSSR count). The maximum atomic E-state index is 12.7. The van der Waals surface area contributed by atoms with E-state index in [0.29, 0.717) is 0 Å². The van der Waals surface area contributed by atoms with Crippen molar-refractivity contribution in [2.24, 2.45) is 0 Å². The van der Waals surface area contributed by atoms with Crippen LogP contribution in [0.1, 0.15) is 64.9 Å². The quantitative estimate of drug-likeness (QED) is 0.568. The number of alkyl halides is 3. The van der Waals surface area contributed by atoms with E-state index in [0.717, 1.165) is 51.0 Å². The molecule has 7 heteroatoms. The standard InChI is InChI=1S/C20H29F3N2O2/c1-4-5-6-8-14(2)24-18(26)25-19(11-12-19)16-9-7-10-17(13-16)27-15(3)20(21,22)23/h7,9-10,13-15H,4-6,8,11-12H2,1-3H3,(H2,24,25,26)/t14?,15-/m1/s1. The summed E-state index contributed by atoms with van der Waals surface area (Å²) in [6.45, 7) is 5.09. The van der Waals surface area contributed by atoms with Gasteiger partial charge in [-0.15, -0.1) is 0 Å². The smallest absolute Gasteiger partial charge is 0.425 e. The van der Waals surface area contributed by atoms with Gasteiger partial charge in [0.15, 0.2) is 6.10 Å². The minimum atomic E-state index is -4.42. The second-order valence-corrected chi connectivity index (χ2v) is 7.41. The number of urea groups is 1. The summed E-state index contributed by atoms with van der Waals surface area (Å²) in [5.41, 5.74) is 0.247. The molecule has 0 aromatic heterocycles. The molecule has 1 aliphatic rings. The largest absolute Gasteiger partial charge is 0.481 e. The molecule has 1 saturated carbocycles. The van der Waals surface area contributed by atoms with E-state index in [-0.39, 0.29) is 17.8 Å². The van der Waals surface area contributed by atoms with E-state index in [2.05, 4.69) is 17.6 Å². The molecule has 0 aliphatic heterocycles. The van der Waals surface area contributed by atoms with Gasteiger partial charge < -0.3 is 15.4 Å². The van der Waals surface area contributed by atoms with Crippen LogP contribution in [0, 0.1) is 0 Å². The Hall–Kier alpha value is -1.92. The zero-order valence-corrected chi connectivity index (χ0v) is 16.2. The molecule has 2 amide bonds. The molecule has 2 atom stereocenters. The Labute approximate surface area is 158 Å². The van der Waals surface area contributed by atoms with E-state index in [4.69, 9.17) is 4.74 Å². The lowest BCUT2D eigenvalue weighted by molar-refractivity contribution is -0.189. The van der Waals surface area contributed by atoms with Crippen LogP contribution < -0.4 is 15.4 Å². The number of amides is 2. The molecule has 0 saturated heterocycles. The minimum Gasteiger partial charge on any atom is -0.481 e. The van der Waals surface area contributed by atoms with Crippen molar-refractivity contribution in [3.8, 4) is 5.75 Å². The van der Waals surface area contributed by atoms with Crippen molar-refractivity contribution in [2.45, 2.75) is 83.2 Å². The summed E-state index contributed by atoms with van der Waals surface area (Å²) in [4.78, 5) is 12.3. The first-order valence-electron chi connectivity index (χ1n) is 9.59. The third-order valence-corrected chi connectivity index (χ3v) is 4.88. The van der Waals surface area contributed by atoms with Crippen molar-refractivity contribution in [3.63, 3.8) is 0 Å². The lowest BCUT2D eigenvalue weighted by atomic mass is 10.0. The Balaban J connectivity index is 1.95. The zero-order chi connectivity index (χ0) is 20.1. The van der Waals surface area contributed by atoms with Gasteiger partial charge in [0.2, 0.25) is 0 Å². The Morgan fingerprint density at radius 3 is 2.56 bits per heavy atom. The van der Waals surface area contributed by atoms with Gasteiger partial charge in [-0.25, -0.2) is 4.79 Å². The van der Waals surface area contributed by atoms with Gasteiger partial charge in [-0.1, -0.05) is 38.3 Å². The van der Waals surface area contributed by atoms with Crippen molar-refractivity contribution in [2.75, 3.05) is 0 Å². The number of carbonyl (C=O) groups is 1. The van der Waals surface area contributed by atoms with Crippen LogP contribution in [0.4, 0.5) is 18.0 Å². The van der Waals surface area contributed by atoms with Crippen LogP contribution in [0.3, 0.4) is 0 Å². The Morgan fingerprint density at radius 1 is 1.26 bits per heavy atom. The van der Waals surface area contributed by atoms with E-state index in [1.54, 1.807) is 12.1 Å². The topological polar surface area (TPSA) is 50.4 Å². The fraction of sp³-hybridized carbons (Fsp3) is 0.650. The number of carbonyl (C=O) groups excluding carboxylic acids is 1. The molecule has 152 valence electrons. The van der Waals surface area contributed by atoms with Crippen LogP contribution in [-0.4, -0.2) is 24.4 Å². The molecule has 1 fully saturated rings. The third kappa shape index (κ3) is 6.33. The van der Waals surface area contributed by atoms with Gasteiger partial charge in [0.25, 0.3) is 0 Å². The summed E-state index contributed by atoms with van der Waals surface area (Å²) in [7, 11) is 0. The predicted molar refractivity (Wildman–Crippen MR) is 98.8 cm³/mol. The van der Waals surface area contributed by atoms with Crippen LogP contribution in [0.5, 0.6) is 5.75 Å². The number of hydrogen-bond donors (Lipinski definition) is 2. The molecule has 27 heavy (non-hydrogen) atoms. The number of unbranched alkanes of at least 4 members (excludes halogenated alkanes) is 2. The van der Waals surface area contributed by atoms with Crippen LogP contribution >= 0.6 is 0 Å². The molecule has 1 aliphatic carbocycles. The van der Waals surface area contributed by atoms with Gasteiger partial charge in [0.1, 0.15) is 5.75 Å². The number of halogens is 3. The fourth-order valence-corrected chi connectivity index (χ4v) is 3.00. The van der Waals surface area contributed by atoms with Crippen molar-refractivity contribution in [3.05, 3.63) is 29.8 Å². The van der Waals surface area contributed by atoms with Gasteiger partial charge in [-0.3, -0.25) is 0 Å². The van der Waals surface area contributed by atoms with E-state index in [1.165, 1.54) is 6.07 Å². The van der Waals surface area contributed by atoms with Crippen LogP contribution in [0.25, 0.3) is 0 Å². The summed E-state index contributed by atoms with van der Waals surface area (Å²) in [5, 5.41) is 5.93. The maximum Gasteiger partial charge on any atom is 0.425 e. The van der Waals surface area contributed by atoms with E-state index in [1.807, 2.05) is 13.0 Å². The molecular formula is C20H29F3N2O2. The van der Waals surface area contributed by atoms with Gasteiger partial charge in [-0.05, 0) is 50.8 Å².